The third-order valence-corrected chi connectivity index (χ3v) is 14.2. The van der Waals surface area contributed by atoms with Crippen LogP contribution in [0.1, 0.15) is 97.6 Å². The zero-order valence-corrected chi connectivity index (χ0v) is 43.4. The molecule has 10 N–H and O–H groups in total. The van der Waals surface area contributed by atoms with Crippen LogP contribution in [0.15, 0.2) is 73.4 Å². The van der Waals surface area contributed by atoms with Gasteiger partial charge in [0, 0.05) is 37.1 Å². The Kier molecular flexibility index (Phi) is 27.0. The summed E-state index contributed by atoms with van der Waals surface area (Å²) >= 11 is 1.10. The number of unbranched alkanes of at least 4 members (excludes halogenated alkanes) is 3. The molecule has 1 fully saturated rings. The number of nitrogens with one attached hydrogen (secondary N) is 2. The molecule has 28 heteroatoms. The van der Waals surface area contributed by atoms with Gasteiger partial charge in [0.1, 0.15) is 36.3 Å². The lowest BCUT2D eigenvalue weighted by atomic mass is 9.87. The van der Waals surface area contributed by atoms with E-state index in [1.54, 1.807) is 0 Å². The Hall–Kier alpha value is -3.74. The van der Waals surface area contributed by atoms with Gasteiger partial charge in [-0.15, -0.1) is 0 Å². The molecule has 0 bridgehead atoms. The van der Waals surface area contributed by atoms with Crippen molar-refractivity contribution in [2.75, 3.05) is 37.8 Å². The van der Waals surface area contributed by atoms with Gasteiger partial charge in [0.2, 0.25) is 11.8 Å². The molecule has 0 radical (unpaired) electrons. The molecule has 24 nitrogen and oxygen atoms in total. The van der Waals surface area contributed by atoms with Crippen LogP contribution >= 0.6 is 35.2 Å². The number of carbonyl (C=O) groups is 3. The maximum Gasteiger partial charge on any atom is 0.481 e. The fraction of sp³-hybridized carbons (Fsp3) is 0.581. The van der Waals surface area contributed by atoms with Crippen molar-refractivity contribution in [3.05, 3.63) is 73.4 Å². The summed E-state index contributed by atoms with van der Waals surface area (Å²) in [6, 6.07) is 0. The molecular formula is C43H68N7O17P3S. The van der Waals surface area contributed by atoms with Gasteiger partial charge in [-0.2, -0.15) is 4.31 Å². The first-order valence-electron chi connectivity index (χ1n) is 22.9. The van der Waals surface area contributed by atoms with Crippen LogP contribution in [0.5, 0.6) is 0 Å². The van der Waals surface area contributed by atoms with Crippen molar-refractivity contribution in [2.24, 2.45) is 5.41 Å². The molecule has 0 saturated carbocycles. The summed E-state index contributed by atoms with van der Waals surface area (Å²) in [5.41, 5.74) is 4.27. The minimum atomic E-state index is -5.58. The first-order valence-corrected chi connectivity index (χ1v) is 28.4. The van der Waals surface area contributed by atoms with E-state index in [-0.39, 0.29) is 41.6 Å². The molecule has 71 heavy (non-hydrogen) atoms. The zero-order chi connectivity index (χ0) is 52.5. The fourth-order valence-electron chi connectivity index (χ4n) is 6.40. The number of amides is 2. The molecule has 2 amide bonds. The number of hydrogen-bond donors (Lipinski definition) is 9. The Morgan fingerprint density at radius 1 is 0.859 bits per heavy atom. The van der Waals surface area contributed by atoms with E-state index in [4.69, 9.17) is 19.5 Å². The zero-order valence-electron chi connectivity index (χ0n) is 39.9. The quantitative estimate of drug-likeness (QED) is 0.0242. The summed E-state index contributed by atoms with van der Waals surface area (Å²) < 4.78 is 62.4. The fourth-order valence-corrected chi connectivity index (χ4v) is 9.92. The third kappa shape index (κ3) is 23.8. The number of aliphatic hydroxyl groups excluding tert-OH is 2. The summed E-state index contributed by atoms with van der Waals surface area (Å²) in [6.45, 7) is 2.70. The second kappa shape index (κ2) is 31.1. The minimum Gasteiger partial charge on any atom is -0.386 e. The van der Waals surface area contributed by atoms with Crippen LogP contribution in [0.4, 0.5) is 5.82 Å². The van der Waals surface area contributed by atoms with Gasteiger partial charge in [-0.25, -0.2) is 28.6 Å². The molecule has 2 aromatic rings. The molecule has 0 aromatic carbocycles. The molecule has 2 aromatic heterocycles. The highest BCUT2D eigenvalue weighted by Crippen LogP contribution is 2.61. The number of imidazole rings is 1. The molecular weight excluding hydrogens is 1010 g/mol. The number of aliphatic hydroxyl groups is 2. The lowest BCUT2D eigenvalue weighted by molar-refractivity contribution is -0.137. The standard InChI is InChI=1S/C43H68N7O17P3S/c1-4-5-6-7-8-9-10-11-12-13-14-15-16-17-18-19-20-21-22-23-34(52)71-27-26-45-33(51)24-25-46-41(55)38(54)43(2,3)29-64-70(61,62)67-69(59,60)63-28-32-37(66-68(56,57)58)36(53)42(65-32)50-31-49-35-39(44)47-30-48-40(35)50/h8-9,11-12,14-15,17-18,20-21,30-32,36-38,42,53-54H,4-7,10,13,16,19,22-29H2,1-3H3,(H,45,51)(H,46,55)(H,59,60)(H,61,62)(H2,44,47,48)(H2,56,57,58)/b9-8-,12-11-,15-14-,18-17-,21-20-/t32-,36?,37?,38+,42-/m1/s1. The smallest absolute Gasteiger partial charge is 0.386 e. The van der Waals surface area contributed by atoms with E-state index < -0.39 is 84.6 Å². The van der Waals surface area contributed by atoms with Crippen LogP contribution < -0.4 is 16.4 Å². The number of phosphoric ester groups is 3. The Morgan fingerprint density at radius 2 is 1.46 bits per heavy atom. The lowest BCUT2D eigenvalue weighted by Crippen LogP contribution is -2.46. The second-order valence-corrected chi connectivity index (χ2v) is 22.0. The number of fused-ring (bicyclic) bond motifs is 1. The molecule has 3 heterocycles. The van der Waals surface area contributed by atoms with Crippen molar-refractivity contribution in [1.29, 1.82) is 0 Å². The Balaban J connectivity index is 1.29. The summed E-state index contributed by atoms with van der Waals surface area (Å²) in [5, 5.41) is 26.6. The number of anilines is 1. The summed E-state index contributed by atoms with van der Waals surface area (Å²) in [7, 11) is -16.4. The number of phosphoric acid groups is 3. The maximum absolute atomic E-state index is 12.7. The number of aromatic nitrogens is 4. The van der Waals surface area contributed by atoms with Crippen LogP contribution in [-0.2, 0) is 50.7 Å². The van der Waals surface area contributed by atoms with Crippen molar-refractivity contribution >= 4 is 69.1 Å². The second-order valence-electron chi connectivity index (χ2n) is 16.6. The van der Waals surface area contributed by atoms with Gasteiger partial charge in [-0.1, -0.05) is 106 Å². The molecule has 1 aliphatic heterocycles. The van der Waals surface area contributed by atoms with Crippen molar-refractivity contribution in [2.45, 2.75) is 122 Å². The first kappa shape index (κ1) is 61.6. The average molecular weight is 1080 g/mol. The molecule has 398 valence electrons. The van der Waals surface area contributed by atoms with Crippen molar-refractivity contribution in [3.8, 4) is 0 Å². The van der Waals surface area contributed by atoms with Crippen molar-refractivity contribution in [1.82, 2.24) is 30.2 Å². The number of rotatable bonds is 34. The van der Waals surface area contributed by atoms with E-state index in [1.807, 2.05) is 12.2 Å². The van der Waals surface area contributed by atoms with Crippen LogP contribution in [0.25, 0.3) is 11.2 Å². The Bertz CT molecular complexity index is 2310. The number of allylic oxidation sites excluding steroid dienone is 10. The first-order chi connectivity index (χ1) is 33.6. The normalized spacial score (nSPS) is 20.2. The van der Waals surface area contributed by atoms with Crippen LogP contribution in [0.3, 0.4) is 0 Å². The van der Waals surface area contributed by atoms with Gasteiger partial charge >= 0.3 is 23.5 Å². The van der Waals surface area contributed by atoms with E-state index >= 15 is 0 Å². The van der Waals surface area contributed by atoms with E-state index in [2.05, 4.69) is 90.0 Å². The van der Waals surface area contributed by atoms with Crippen LogP contribution in [-0.4, -0.2) is 123 Å². The third-order valence-electron chi connectivity index (χ3n) is 10.2. The SMILES string of the molecule is CCCCC/C=C\C/C=C\C/C=C\C/C=C\C/C=C\CCC(=O)SCCNC(=O)CCNC(=O)[C@H](O)C(C)(C)COP(=O)(O)OP(=O)(O)OC[C@H]1O[C@@H](n2cnc3c(N)ncnc32)C(O)C1OP(=O)(O)O. The lowest BCUT2D eigenvalue weighted by Gasteiger charge is -2.30. The number of nitrogens with zero attached hydrogens (tertiary/aromatic N) is 4. The van der Waals surface area contributed by atoms with Gasteiger partial charge in [0.05, 0.1) is 19.5 Å². The summed E-state index contributed by atoms with van der Waals surface area (Å²) in [4.78, 5) is 88.4. The number of hydrogen-bond acceptors (Lipinski definition) is 18. The number of ether oxygens (including phenoxy) is 1. The molecule has 7 atom stereocenters. The van der Waals surface area contributed by atoms with E-state index in [1.165, 1.54) is 33.1 Å². The Labute approximate surface area is 417 Å². The molecule has 0 spiro atoms. The highest BCUT2D eigenvalue weighted by atomic mass is 32.2. The van der Waals surface area contributed by atoms with Gasteiger partial charge in [-0.05, 0) is 44.9 Å². The predicted molar refractivity (Wildman–Crippen MR) is 265 cm³/mol. The molecule has 3 rings (SSSR count). The van der Waals surface area contributed by atoms with Gasteiger partial charge < -0.3 is 50.9 Å². The van der Waals surface area contributed by atoms with Crippen LogP contribution in [0, 0.1) is 5.41 Å². The van der Waals surface area contributed by atoms with E-state index in [0.29, 0.717) is 18.6 Å². The summed E-state index contributed by atoms with van der Waals surface area (Å²) in [6.07, 6.45) is 23.7. The van der Waals surface area contributed by atoms with Crippen molar-refractivity contribution < 1.29 is 80.5 Å². The summed E-state index contributed by atoms with van der Waals surface area (Å²) in [5.74, 6) is -1.11. The number of nitrogens with two attached hydrogens (primary N) is 1. The molecule has 1 saturated heterocycles. The van der Waals surface area contributed by atoms with Crippen molar-refractivity contribution in [3.63, 3.8) is 0 Å². The van der Waals surface area contributed by atoms with Crippen LogP contribution in [0.2, 0.25) is 0 Å². The number of carbonyl (C=O) groups excluding carboxylic acids is 3. The number of thioether (sulfide) groups is 1. The molecule has 0 aliphatic carbocycles. The van der Waals surface area contributed by atoms with Gasteiger partial charge in [0.15, 0.2) is 22.8 Å². The molecule has 4 unspecified atom stereocenters. The van der Waals surface area contributed by atoms with E-state index in [9.17, 15) is 57.9 Å². The largest absolute Gasteiger partial charge is 0.481 e. The minimum absolute atomic E-state index is 0.0152. The Morgan fingerprint density at radius 3 is 2.08 bits per heavy atom. The maximum atomic E-state index is 12.7. The monoisotopic (exact) mass is 1080 g/mol. The highest BCUT2D eigenvalue weighted by Gasteiger charge is 2.50. The number of nitrogen functional groups attached to an aromatic ring is 1. The average Bonchev–Trinajstić information content (AvgIpc) is 3.86. The van der Waals surface area contributed by atoms with E-state index in [0.717, 1.165) is 61.1 Å². The van der Waals surface area contributed by atoms with Gasteiger partial charge in [0.25, 0.3) is 0 Å². The highest BCUT2D eigenvalue weighted by molar-refractivity contribution is 8.13. The predicted octanol–water partition coefficient (Wildman–Crippen LogP) is 5.37. The van der Waals surface area contributed by atoms with Gasteiger partial charge in [-0.3, -0.25) is 32.5 Å². The topological polar surface area (TPSA) is 364 Å². The molecule has 1 aliphatic rings.